The number of rotatable bonds is 7. The fourth-order valence-corrected chi connectivity index (χ4v) is 2.58. The molecule has 0 aliphatic rings. The number of hydrogen-bond donors (Lipinski definition) is 1. The van der Waals surface area contributed by atoms with E-state index in [0.717, 1.165) is 0 Å². The molecule has 0 heterocycles. The van der Waals surface area contributed by atoms with E-state index in [0.29, 0.717) is 35.4 Å². The zero-order chi connectivity index (χ0) is 16.0. The molecule has 0 spiro atoms. The molecule has 0 saturated heterocycles. The lowest BCUT2D eigenvalue weighted by Gasteiger charge is -2.30. The molecule has 0 bridgehead atoms. The zero-order valence-corrected chi connectivity index (χ0v) is 14.1. The Morgan fingerprint density at radius 3 is 2.57 bits per heavy atom. The number of hydrogen-bond acceptors (Lipinski definition) is 3. The first kappa shape index (κ1) is 17.8. The van der Waals surface area contributed by atoms with Gasteiger partial charge in [0.15, 0.2) is 0 Å². The van der Waals surface area contributed by atoms with Crippen LogP contribution in [-0.2, 0) is 9.53 Å². The van der Waals surface area contributed by atoms with Crippen LogP contribution in [0.25, 0.3) is 0 Å². The largest absolute Gasteiger partial charge is 0.495 e. The van der Waals surface area contributed by atoms with E-state index in [4.69, 9.17) is 21.1 Å². The van der Waals surface area contributed by atoms with Crippen molar-refractivity contribution < 1.29 is 14.3 Å². The van der Waals surface area contributed by atoms with E-state index in [2.05, 4.69) is 19.2 Å². The molecule has 1 unspecified atom stereocenters. The van der Waals surface area contributed by atoms with Crippen molar-refractivity contribution >= 4 is 23.2 Å². The first-order valence-electron chi connectivity index (χ1n) is 7.11. The van der Waals surface area contributed by atoms with Crippen LogP contribution >= 0.6 is 11.6 Å². The average Bonchev–Trinajstić information content (AvgIpc) is 2.38. The maximum Gasteiger partial charge on any atom is 0.256 e. The second-order valence-corrected chi connectivity index (χ2v) is 5.97. The van der Waals surface area contributed by atoms with Gasteiger partial charge in [0.05, 0.1) is 12.1 Å². The van der Waals surface area contributed by atoms with Gasteiger partial charge in [-0.3, -0.25) is 4.79 Å². The van der Waals surface area contributed by atoms with Crippen LogP contribution in [0.15, 0.2) is 18.2 Å². The third-order valence-corrected chi connectivity index (χ3v) is 3.45. The van der Waals surface area contributed by atoms with Crippen molar-refractivity contribution in [3.63, 3.8) is 0 Å². The van der Waals surface area contributed by atoms with Crippen LogP contribution in [0.2, 0.25) is 5.02 Å². The number of nitrogens with one attached hydrogen (secondary N) is 1. The Morgan fingerprint density at radius 1 is 1.43 bits per heavy atom. The molecule has 1 rings (SSSR count). The van der Waals surface area contributed by atoms with Crippen LogP contribution in [-0.4, -0.2) is 25.2 Å². The van der Waals surface area contributed by atoms with Crippen molar-refractivity contribution in [3.8, 4) is 5.75 Å². The van der Waals surface area contributed by atoms with Crippen molar-refractivity contribution in [3.05, 3.63) is 23.2 Å². The fraction of sp³-hybridized carbons (Fsp3) is 0.562. The van der Waals surface area contributed by atoms with Crippen LogP contribution in [0.1, 0.15) is 34.1 Å². The van der Waals surface area contributed by atoms with Crippen molar-refractivity contribution in [2.75, 3.05) is 19.0 Å². The van der Waals surface area contributed by atoms with Crippen molar-refractivity contribution in [2.24, 2.45) is 5.92 Å². The molecule has 0 aromatic heterocycles. The third-order valence-electron chi connectivity index (χ3n) is 3.15. The molecule has 0 aliphatic carbocycles. The summed E-state index contributed by atoms with van der Waals surface area (Å²) in [5.41, 5.74) is -0.226. The summed E-state index contributed by atoms with van der Waals surface area (Å²) in [6, 6.07) is 5.14. The second kappa shape index (κ2) is 7.66. The number of ether oxygens (including phenoxy) is 2. The highest BCUT2D eigenvalue weighted by Crippen LogP contribution is 2.29. The molecule has 1 N–H and O–H groups in total. The summed E-state index contributed by atoms with van der Waals surface area (Å²) >= 11 is 6.07. The van der Waals surface area contributed by atoms with E-state index in [1.54, 1.807) is 25.3 Å². The highest BCUT2D eigenvalue weighted by molar-refractivity contribution is 6.32. The molecule has 0 saturated carbocycles. The van der Waals surface area contributed by atoms with Crippen molar-refractivity contribution in [1.29, 1.82) is 0 Å². The maximum atomic E-state index is 12.5. The molecule has 118 valence electrons. The van der Waals surface area contributed by atoms with Gasteiger partial charge in [0.1, 0.15) is 11.4 Å². The summed E-state index contributed by atoms with van der Waals surface area (Å²) < 4.78 is 10.8. The van der Waals surface area contributed by atoms with Gasteiger partial charge in [0, 0.05) is 12.3 Å². The lowest BCUT2D eigenvalue weighted by molar-refractivity contribution is -0.140. The molecule has 1 aromatic rings. The number of benzene rings is 1. The number of amides is 1. The van der Waals surface area contributed by atoms with Gasteiger partial charge in [-0.2, -0.15) is 0 Å². The predicted molar refractivity (Wildman–Crippen MR) is 86.1 cm³/mol. The van der Waals surface area contributed by atoms with Gasteiger partial charge in [-0.1, -0.05) is 25.4 Å². The molecule has 0 radical (unpaired) electrons. The number of methoxy groups -OCH3 is 1. The van der Waals surface area contributed by atoms with Gasteiger partial charge in [-0.15, -0.1) is 0 Å². The molecule has 1 amide bonds. The zero-order valence-electron chi connectivity index (χ0n) is 13.3. The number of anilines is 1. The highest BCUT2D eigenvalue weighted by Gasteiger charge is 2.34. The molecular formula is C16H24ClNO3. The van der Waals surface area contributed by atoms with Crippen LogP contribution in [0.5, 0.6) is 5.75 Å². The molecule has 0 aliphatic heterocycles. The minimum absolute atomic E-state index is 0.167. The molecule has 4 nitrogen and oxygen atoms in total. The molecule has 5 heteroatoms. The predicted octanol–water partition coefficient (Wildman–Crippen LogP) is 4.13. The van der Waals surface area contributed by atoms with Gasteiger partial charge < -0.3 is 14.8 Å². The Hall–Kier alpha value is -1.26. The Morgan fingerprint density at radius 2 is 2.10 bits per heavy atom. The van der Waals surface area contributed by atoms with Crippen LogP contribution in [0.3, 0.4) is 0 Å². The highest BCUT2D eigenvalue weighted by atomic mass is 35.5. The Bertz CT molecular complexity index is 490. The summed E-state index contributed by atoms with van der Waals surface area (Å²) in [7, 11) is 1.55. The van der Waals surface area contributed by atoms with Gasteiger partial charge >= 0.3 is 0 Å². The Labute approximate surface area is 131 Å². The topological polar surface area (TPSA) is 47.6 Å². The number of halogens is 1. The van der Waals surface area contributed by atoms with Gasteiger partial charge in [-0.25, -0.2) is 0 Å². The van der Waals surface area contributed by atoms with Crippen molar-refractivity contribution in [2.45, 2.75) is 39.7 Å². The number of carbonyl (C=O) groups excluding carboxylic acids is 1. The molecular weight excluding hydrogens is 290 g/mol. The fourth-order valence-electron chi connectivity index (χ4n) is 2.32. The van der Waals surface area contributed by atoms with Gasteiger partial charge in [0.25, 0.3) is 5.91 Å². The lowest BCUT2D eigenvalue weighted by Crippen LogP contribution is -2.43. The smallest absolute Gasteiger partial charge is 0.256 e. The van der Waals surface area contributed by atoms with E-state index in [1.165, 1.54) is 0 Å². The van der Waals surface area contributed by atoms with E-state index >= 15 is 0 Å². The van der Waals surface area contributed by atoms with Gasteiger partial charge in [0.2, 0.25) is 0 Å². The van der Waals surface area contributed by atoms with Crippen LogP contribution in [0, 0.1) is 5.92 Å². The number of carbonyl (C=O) groups is 1. The normalized spacial score (nSPS) is 13.9. The quantitative estimate of drug-likeness (QED) is 0.823. The summed E-state index contributed by atoms with van der Waals surface area (Å²) in [6.45, 7) is 8.32. The van der Waals surface area contributed by atoms with Gasteiger partial charge in [-0.05, 0) is 44.4 Å². The summed E-state index contributed by atoms with van der Waals surface area (Å²) in [4.78, 5) is 12.5. The second-order valence-electron chi connectivity index (χ2n) is 5.57. The molecule has 0 fully saturated rings. The molecule has 1 atom stereocenters. The van der Waals surface area contributed by atoms with E-state index in [9.17, 15) is 4.79 Å². The Kier molecular flexibility index (Phi) is 6.49. The first-order valence-corrected chi connectivity index (χ1v) is 7.49. The standard InChI is InChI=1S/C16H24ClNO3/c1-6-21-16(4,10-11(2)3)15(19)18-12-7-8-14(20-5)13(17)9-12/h7-9,11H,6,10H2,1-5H3,(H,18,19). The molecule has 21 heavy (non-hydrogen) atoms. The first-order chi connectivity index (χ1) is 9.82. The van der Waals surface area contributed by atoms with E-state index in [1.807, 2.05) is 13.8 Å². The maximum absolute atomic E-state index is 12.5. The van der Waals surface area contributed by atoms with E-state index in [-0.39, 0.29) is 5.91 Å². The monoisotopic (exact) mass is 313 g/mol. The average molecular weight is 314 g/mol. The summed E-state index contributed by atoms with van der Waals surface area (Å²) in [5.74, 6) is 0.760. The minimum atomic E-state index is -0.852. The van der Waals surface area contributed by atoms with Crippen LogP contribution in [0.4, 0.5) is 5.69 Å². The minimum Gasteiger partial charge on any atom is -0.495 e. The van der Waals surface area contributed by atoms with E-state index < -0.39 is 5.60 Å². The summed E-state index contributed by atoms with van der Waals surface area (Å²) in [5, 5.41) is 3.32. The van der Waals surface area contributed by atoms with Crippen LogP contribution < -0.4 is 10.1 Å². The Balaban J connectivity index is 2.88. The SMILES string of the molecule is CCOC(C)(CC(C)C)C(=O)Nc1ccc(OC)c(Cl)c1. The molecule has 1 aromatic carbocycles. The summed E-state index contributed by atoms with van der Waals surface area (Å²) in [6.07, 6.45) is 0.649. The van der Waals surface area contributed by atoms with Crippen molar-refractivity contribution in [1.82, 2.24) is 0 Å². The third kappa shape index (κ3) is 4.90. The lowest BCUT2D eigenvalue weighted by atomic mass is 9.93.